The van der Waals surface area contributed by atoms with Gasteiger partial charge >= 0.3 is 6.03 Å². The summed E-state index contributed by atoms with van der Waals surface area (Å²) in [5, 5.41) is 3.85. The first-order chi connectivity index (χ1) is 12.6. The van der Waals surface area contributed by atoms with Gasteiger partial charge in [-0.2, -0.15) is 0 Å². The number of amides is 2. The van der Waals surface area contributed by atoms with Crippen LogP contribution in [0.4, 0.5) is 4.79 Å². The van der Waals surface area contributed by atoms with Gasteiger partial charge in [-0.3, -0.25) is 0 Å². The third-order valence-electron chi connectivity index (χ3n) is 6.02. The molecule has 4 atom stereocenters. The highest BCUT2D eigenvalue weighted by atomic mass is 35.5. The highest BCUT2D eigenvalue weighted by Crippen LogP contribution is 2.46. The standard InChI is InChI=1S/C22H25ClN2O/c1-15(16-7-9-21(23)10-8-16)24-22(26)25-13-19-11-18(12-20(19)14-25)17-5-3-2-4-6-17/h2-10,15,18-20H,11-14H2,1H3,(H,24,26)/t15-,18?,19-,20+/m1/s1. The van der Waals surface area contributed by atoms with E-state index in [0.717, 1.165) is 18.7 Å². The zero-order valence-corrected chi connectivity index (χ0v) is 15.8. The van der Waals surface area contributed by atoms with Crippen LogP contribution in [0.2, 0.25) is 5.02 Å². The largest absolute Gasteiger partial charge is 0.331 e. The number of likely N-dealkylation sites (tertiary alicyclic amines) is 1. The van der Waals surface area contributed by atoms with E-state index in [0.29, 0.717) is 22.8 Å². The van der Waals surface area contributed by atoms with Crippen molar-refractivity contribution in [1.29, 1.82) is 0 Å². The Kier molecular flexibility index (Phi) is 4.90. The summed E-state index contributed by atoms with van der Waals surface area (Å²) in [5.74, 6) is 1.93. The van der Waals surface area contributed by atoms with Crippen LogP contribution in [-0.2, 0) is 0 Å². The first kappa shape index (κ1) is 17.4. The third-order valence-corrected chi connectivity index (χ3v) is 6.27. The molecule has 0 aromatic heterocycles. The summed E-state index contributed by atoms with van der Waals surface area (Å²) in [6, 6.07) is 18.5. The molecule has 1 saturated carbocycles. The van der Waals surface area contributed by atoms with Crippen molar-refractivity contribution in [1.82, 2.24) is 10.2 Å². The third kappa shape index (κ3) is 3.59. The highest BCUT2D eigenvalue weighted by molar-refractivity contribution is 6.30. The highest BCUT2D eigenvalue weighted by Gasteiger charge is 2.42. The molecule has 3 nitrogen and oxygen atoms in total. The number of hydrogen-bond donors (Lipinski definition) is 1. The molecule has 2 amide bonds. The van der Waals surface area contributed by atoms with Gasteiger partial charge in [0.05, 0.1) is 6.04 Å². The van der Waals surface area contributed by atoms with Crippen molar-refractivity contribution in [2.75, 3.05) is 13.1 Å². The molecule has 1 unspecified atom stereocenters. The van der Waals surface area contributed by atoms with E-state index in [2.05, 4.69) is 35.6 Å². The monoisotopic (exact) mass is 368 g/mol. The number of rotatable bonds is 3. The summed E-state index contributed by atoms with van der Waals surface area (Å²) in [5.41, 5.74) is 2.53. The first-order valence-corrected chi connectivity index (χ1v) is 9.84. The molecular weight excluding hydrogens is 344 g/mol. The summed E-state index contributed by atoms with van der Waals surface area (Å²) < 4.78 is 0. The fourth-order valence-corrected chi connectivity index (χ4v) is 4.70. The van der Waals surface area contributed by atoms with E-state index in [1.165, 1.54) is 18.4 Å². The van der Waals surface area contributed by atoms with Crippen molar-refractivity contribution < 1.29 is 4.79 Å². The lowest BCUT2D eigenvalue weighted by molar-refractivity contribution is 0.201. The van der Waals surface area contributed by atoms with Crippen LogP contribution in [0.1, 0.15) is 42.9 Å². The van der Waals surface area contributed by atoms with Gasteiger partial charge in [0.2, 0.25) is 0 Å². The van der Waals surface area contributed by atoms with Crippen molar-refractivity contribution in [3.8, 4) is 0 Å². The maximum Gasteiger partial charge on any atom is 0.317 e. The Labute approximate surface area is 160 Å². The van der Waals surface area contributed by atoms with E-state index in [1.807, 2.05) is 36.1 Å². The summed E-state index contributed by atoms with van der Waals surface area (Å²) >= 11 is 5.94. The first-order valence-electron chi connectivity index (χ1n) is 9.46. The van der Waals surface area contributed by atoms with Crippen LogP contribution in [0.5, 0.6) is 0 Å². The fraction of sp³-hybridized carbons (Fsp3) is 0.409. The number of benzene rings is 2. The molecule has 4 heteroatoms. The molecule has 1 saturated heterocycles. The van der Waals surface area contributed by atoms with Crippen LogP contribution in [-0.4, -0.2) is 24.0 Å². The van der Waals surface area contributed by atoms with E-state index in [1.54, 1.807) is 0 Å². The predicted molar refractivity (Wildman–Crippen MR) is 105 cm³/mol. The average Bonchev–Trinajstić information content (AvgIpc) is 3.22. The quantitative estimate of drug-likeness (QED) is 0.789. The summed E-state index contributed by atoms with van der Waals surface area (Å²) in [7, 11) is 0. The van der Waals surface area contributed by atoms with Crippen molar-refractivity contribution in [2.45, 2.75) is 31.7 Å². The number of urea groups is 1. The Morgan fingerprint density at radius 3 is 2.27 bits per heavy atom. The zero-order chi connectivity index (χ0) is 18.1. The number of fused-ring (bicyclic) bond motifs is 1. The maximum atomic E-state index is 12.7. The van der Waals surface area contributed by atoms with Crippen molar-refractivity contribution in [3.05, 3.63) is 70.7 Å². The number of halogens is 1. The number of carbonyl (C=O) groups is 1. The molecule has 1 aliphatic carbocycles. The topological polar surface area (TPSA) is 32.3 Å². The Bertz CT molecular complexity index is 747. The smallest absolute Gasteiger partial charge is 0.317 e. The lowest BCUT2D eigenvalue weighted by Gasteiger charge is -2.23. The zero-order valence-electron chi connectivity index (χ0n) is 15.1. The molecule has 1 aliphatic heterocycles. The molecule has 4 rings (SSSR count). The molecule has 2 aromatic rings. The van der Waals surface area contributed by atoms with Crippen molar-refractivity contribution >= 4 is 17.6 Å². The van der Waals surface area contributed by atoms with Crippen LogP contribution in [0, 0.1) is 11.8 Å². The molecule has 0 radical (unpaired) electrons. The second-order valence-corrected chi connectivity index (χ2v) is 8.16. The molecule has 26 heavy (non-hydrogen) atoms. The number of carbonyl (C=O) groups excluding carboxylic acids is 1. The second-order valence-electron chi connectivity index (χ2n) is 7.73. The minimum Gasteiger partial charge on any atom is -0.331 e. The van der Waals surface area contributed by atoms with E-state index >= 15 is 0 Å². The number of nitrogens with zero attached hydrogens (tertiary/aromatic N) is 1. The number of nitrogens with one attached hydrogen (secondary N) is 1. The van der Waals surface area contributed by atoms with Crippen LogP contribution in [0.25, 0.3) is 0 Å². The SMILES string of the molecule is C[C@@H](NC(=O)N1C[C@H]2CC(c3ccccc3)C[C@H]2C1)c1ccc(Cl)cc1. The maximum absolute atomic E-state index is 12.7. The van der Waals surface area contributed by atoms with E-state index in [4.69, 9.17) is 11.6 Å². The summed E-state index contributed by atoms with van der Waals surface area (Å²) in [6.07, 6.45) is 2.40. The lowest BCUT2D eigenvalue weighted by Crippen LogP contribution is -2.40. The van der Waals surface area contributed by atoms with E-state index < -0.39 is 0 Å². The van der Waals surface area contributed by atoms with Crippen LogP contribution < -0.4 is 5.32 Å². The van der Waals surface area contributed by atoms with Crippen LogP contribution in [0.3, 0.4) is 0 Å². The molecule has 0 bridgehead atoms. The molecule has 0 spiro atoms. The molecule has 1 heterocycles. The molecule has 2 fully saturated rings. The fourth-order valence-electron chi connectivity index (χ4n) is 4.57. The Morgan fingerprint density at radius 1 is 1.04 bits per heavy atom. The molecule has 136 valence electrons. The van der Waals surface area contributed by atoms with Gasteiger partial charge in [0, 0.05) is 18.1 Å². The summed E-state index contributed by atoms with van der Waals surface area (Å²) in [4.78, 5) is 14.7. The van der Waals surface area contributed by atoms with Gasteiger partial charge < -0.3 is 10.2 Å². The minimum absolute atomic E-state index is 0.0164. The minimum atomic E-state index is -0.0164. The summed E-state index contributed by atoms with van der Waals surface area (Å²) in [6.45, 7) is 3.78. The van der Waals surface area contributed by atoms with Gasteiger partial charge in [-0.15, -0.1) is 0 Å². The Morgan fingerprint density at radius 2 is 1.65 bits per heavy atom. The Hall–Kier alpha value is -2.00. The van der Waals surface area contributed by atoms with Gasteiger partial charge in [-0.25, -0.2) is 4.79 Å². The average molecular weight is 369 g/mol. The molecule has 2 aliphatic rings. The van der Waals surface area contributed by atoms with Gasteiger partial charge in [0.15, 0.2) is 0 Å². The van der Waals surface area contributed by atoms with Gasteiger partial charge in [-0.1, -0.05) is 54.1 Å². The molecular formula is C22H25ClN2O. The Balaban J connectivity index is 1.32. The number of hydrogen-bond acceptors (Lipinski definition) is 1. The van der Waals surface area contributed by atoms with Gasteiger partial charge in [0.25, 0.3) is 0 Å². The van der Waals surface area contributed by atoms with Crippen molar-refractivity contribution in [3.63, 3.8) is 0 Å². The van der Waals surface area contributed by atoms with Gasteiger partial charge in [0.1, 0.15) is 0 Å². The van der Waals surface area contributed by atoms with Crippen LogP contribution in [0.15, 0.2) is 54.6 Å². The van der Waals surface area contributed by atoms with Gasteiger partial charge in [-0.05, 0) is 60.8 Å². The van der Waals surface area contributed by atoms with Crippen molar-refractivity contribution in [2.24, 2.45) is 11.8 Å². The second kappa shape index (κ2) is 7.32. The van der Waals surface area contributed by atoms with Crippen LogP contribution >= 0.6 is 11.6 Å². The normalized spacial score (nSPS) is 25.8. The van der Waals surface area contributed by atoms with E-state index in [9.17, 15) is 4.79 Å². The van der Waals surface area contributed by atoms with E-state index in [-0.39, 0.29) is 12.1 Å². The predicted octanol–water partition coefficient (Wildman–Crippen LogP) is 5.24. The molecule has 2 aromatic carbocycles. The molecule has 1 N–H and O–H groups in total. The lowest BCUT2D eigenvalue weighted by atomic mass is 9.96.